The maximum absolute atomic E-state index is 12.1. The maximum atomic E-state index is 12.1. The van der Waals surface area contributed by atoms with Gasteiger partial charge in [-0.05, 0) is 23.6 Å². The van der Waals surface area contributed by atoms with E-state index in [0.717, 1.165) is 22.3 Å². The van der Waals surface area contributed by atoms with Crippen LogP contribution in [-0.4, -0.2) is 0 Å². The Bertz CT molecular complexity index is 836. The molecule has 1 aliphatic rings. The van der Waals surface area contributed by atoms with Gasteiger partial charge in [0.2, 0.25) is 0 Å². The van der Waals surface area contributed by atoms with Gasteiger partial charge in [0.15, 0.2) is 0 Å². The van der Waals surface area contributed by atoms with Crippen molar-refractivity contribution in [1.82, 2.24) is 0 Å². The number of rotatable bonds is 1. The molecular formula is C17H12O2S. The predicted molar refractivity (Wildman–Crippen MR) is 81.2 cm³/mol. The van der Waals surface area contributed by atoms with Gasteiger partial charge in [0.05, 0.1) is 4.90 Å². The second-order valence-corrected chi connectivity index (χ2v) is 6.13. The Morgan fingerprint density at radius 3 is 2.60 bits per heavy atom. The first kappa shape index (κ1) is 11.8. The number of hydrogen-bond acceptors (Lipinski definition) is 3. The summed E-state index contributed by atoms with van der Waals surface area (Å²) in [5, 5.41) is 1.37. The summed E-state index contributed by atoms with van der Waals surface area (Å²) in [6, 6.07) is 18.1. The van der Waals surface area contributed by atoms with Crippen molar-refractivity contribution in [2.24, 2.45) is 0 Å². The smallest absolute Gasteiger partial charge is 0.350 e. The second kappa shape index (κ2) is 4.53. The van der Waals surface area contributed by atoms with Gasteiger partial charge in [-0.3, -0.25) is 0 Å². The Hall–Kier alpha value is -2.00. The van der Waals surface area contributed by atoms with E-state index < -0.39 is 0 Å². The standard InChI is InChI=1S/C17H12O2S/c18-17-16-13(12-8-4-5-9-14(12)19-17)10-15(20-16)11-6-2-1-3-7-11/h1-9,15H,10H2/t15-/m1/s1. The molecule has 0 spiro atoms. The summed E-state index contributed by atoms with van der Waals surface area (Å²) in [4.78, 5) is 12.9. The van der Waals surface area contributed by atoms with Gasteiger partial charge in [0.25, 0.3) is 0 Å². The van der Waals surface area contributed by atoms with Crippen LogP contribution in [0.2, 0.25) is 0 Å². The van der Waals surface area contributed by atoms with E-state index >= 15 is 0 Å². The molecule has 2 heterocycles. The molecule has 2 aromatic carbocycles. The summed E-state index contributed by atoms with van der Waals surface area (Å²) in [6.45, 7) is 0. The number of para-hydroxylation sites is 1. The molecule has 3 aromatic rings. The minimum Gasteiger partial charge on any atom is -0.422 e. The third-order valence-electron chi connectivity index (χ3n) is 3.70. The SMILES string of the molecule is O=c1oc2ccccc2c2c1S[C@@H](c1ccccc1)C2. The highest BCUT2D eigenvalue weighted by Crippen LogP contribution is 2.46. The molecule has 0 bridgehead atoms. The molecule has 4 rings (SSSR count). The Labute approximate surface area is 120 Å². The quantitative estimate of drug-likeness (QED) is 0.626. The summed E-state index contributed by atoms with van der Waals surface area (Å²) >= 11 is 1.62. The third-order valence-corrected chi connectivity index (χ3v) is 5.07. The molecule has 1 atom stereocenters. The van der Waals surface area contributed by atoms with Crippen molar-refractivity contribution in [3.05, 3.63) is 76.1 Å². The van der Waals surface area contributed by atoms with Crippen LogP contribution in [-0.2, 0) is 6.42 Å². The zero-order valence-corrected chi connectivity index (χ0v) is 11.5. The normalized spacial score (nSPS) is 17.3. The fraction of sp³-hybridized carbons (Fsp3) is 0.118. The zero-order chi connectivity index (χ0) is 13.5. The topological polar surface area (TPSA) is 30.2 Å². The molecule has 0 saturated carbocycles. The van der Waals surface area contributed by atoms with Gasteiger partial charge < -0.3 is 4.42 Å². The van der Waals surface area contributed by atoms with Crippen molar-refractivity contribution in [2.75, 3.05) is 0 Å². The molecule has 3 heteroatoms. The molecule has 1 aliphatic heterocycles. The molecule has 0 saturated heterocycles. The molecule has 0 aliphatic carbocycles. The summed E-state index contributed by atoms with van der Waals surface area (Å²) in [5.41, 5.74) is 2.88. The molecular weight excluding hydrogens is 268 g/mol. The monoisotopic (exact) mass is 280 g/mol. The Morgan fingerprint density at radius 1 is 1.00 bits per heavy atom. The average molecular weight is 280 g/mol. The molecule has 98 valence electrons. The van der Waals surface area contributed by atoms with Gasteiger partial charge in [-0.1, -0.05) is 48.5 Å². The molecule has 0 fully saturated rings. The lowest BCUT2D eigenvalue weighted by Gasteiger charge is -2.07. The van der Waals surface area contributed by atoms with Crippen molar-refractivity contribution in [3.63, 3.8) is 0 Å². The highest BCUT2D eigenvalue weighted by atomic mass is 32.2. The number of fused-ring (bicyclic) bond motifs is 3. The van der Waals surface area contributed by atoms with Crippen LogP contribution in [0.25, 0.3) is 11.0 Å². The van der Waals surface area contributed by atoms with E-state index in [1.807, 2.05) is 42.5 Å². The number of hydrogen-bond donors (Lipinski definition) is 0. The van der Waals surface area contributed by atoms with E-state index in [9.17, 15) is 4.79 Å². The number of thioether (sulfide) groups is 1. The van der Waals surface area contributed by atoms with Crippen molar-refractivity contribution < 1.29 is 4.42 Å². The fourth-order valence-corrected chi connectivity index (χ4v) is 4.04. The van der Waals surface area contributed by atoms with Crippen molar-refractivity contribution in [2.45, 2.75) is 16.6 Å². The van der Waals surface area contributed by atoms with E-state index in [-0.39, 0.29) is 5.63 Å². The molecule has 0 amide bonds. The van der Waals surface area contributed by atoms with Gasteiger partial charge in [0, 0.05) is 10.6 Å². The van der Waals surface area contributed by atoms with Gasteiger partial charge in [-0.25, -0.2) is 4.79 Å². The maximum Gasteiger partial charge on any atom is 0.350 e. The first-order valence-corrected chi connectivity index (χ1v) is 7.47. The average Bonchev–Trinajstić information content (AvgIpc) is 2.94. The van der Waals surface area contributed by atoms with Crippen LogP contribution >= 0.6 is 11.8 Å². The molecule has 0 radical (unpaired) electrons. The summed E-state index contributed by atoms with van der Waals surface area (Å²) < 4.78 is 5.41. The van der Waals surface area contributed by atoms with E-state index in [4.69, 9.17) is 4.42 Å². The first-order chi connectivity index (χ1) is 9.83. The highest BCUT2D eigenvalue weighted by Gasteiger charge is 2.28. The van der Waals surface area contributed by atoms with Gasteiger partial charge in [0.1, 0.15) is 5.58 Å². The van der Waals surface area contributed by atoms with Crippen LogP contribution in [0.1, 0.15) is 16.4 Å². The van der Waals surface area contributed by atoms with Crippen LogP contribution in [0, 0.1) is 0 Å². The van der Waals surface area contributed by atoms with Crippen molar-refractivity contribution in [3.8, 4) is 0 Å². The minimum atomic E-state index is -0.206. The predicted octanol–water partition coefficient (Wildman–Crippen LogP) is 4.18. The highest BCUT2D eigenvalue weighted by molar-refractivity contribution is 7.99. The largest absolute Gasteiger partial charge is 0.422 e. The lowest BCUT2D eigenvalue weighted by molar-refractivity contribution is 0.542. The third kappa shape index (κ3) is 1.78. The van der Waals surface area contributed by atoms with Gasteiger partial charge >= 0.3 is 5.63 Å². The fourth-order valence-electron chi connectivity index (χ4n) is 2.74. The van der Waals surface area contributed by atoms with Crippen LogP contribution in [0.15, 0.2) is 68.7 Å². The Balaban J connectivity index is 1.87. The lowest BCUT2D eigenvalue weighted by atomic mass is 10.0. The summed E-state index contributed by atoms with van der Waals surface area (Å²) in [5.74, 6) is 0. The van der Waals surface area contributed by atoms with Crippen LogP contribution in [0.5, 0.6) is 0 Å². The number of benzene rings is 2. The van der Waals surface area contributed by atoms with E-state index in [2.05, 4.69) is 12.1 Å². The zero-order valence-electron chi connectivity index (χ0n) is 10.7. The first-order valence-electron chi connectivity index (χ1n) is 6.59. The van der Waals surface area contributed by atoms with E-state index in [1.165, 1.54) is 5.56 Å². The Morgan fingerprint density at radius 2 is 1.75 bits per heavy atom. The minimum absolute atomic E-state index is 0.206. The summed E-state index contributed by atoms with van der Waals surface area (Å²) in [7, 11) is 0. The van der Waals surface area contributed by atoms with E-state index in [0.29, 0.717) is 10.8 Å². The van der Waals surface area contributed by atoms with Gasteiger partial charge in [-0.15, -0.1) is 11.8 Å². The van der Waals surface area contributed by atoms with Crippen LogP contribution in [0.3, 0.4) is 0 Å². The Kier molecular flexibility index (Phi) is 2.67. The molecule has 0 unspecified atom stereocenters. The summed E-state index contributed by atoms with van der Waals surface area (Å²) in [6.07, 6.45) is 0.885. The van der Waals surface area contributed by atoms with Crippen molar-refractivity contribution >= 4 is 22.7 Å². The molecule has 2 nitrogen and oxygen atoms in total. The lowest BCUT2D eigenvalue weighted by Crippen LogP contribution is -2.02. The molecule has 0 N–H and O–H groups in total. The van der Waals surface area contributed by atoms with E-state index in [1.54, 1.807) is 11.8 Å². The van der Waals surface area contributed by atoms with Crippen molar-refractivity contribution in [1.29, 1.82) is 0 Å². The van der Waals surface area contributed by atoms with Crippen LogP contribution < -0.4 is 5.63 Å². The molecule has 20 heavy (non-hydrogen) atoms. The second-order valence-electron chi connectivity index (χ2n) is 4.91. The van der Waals surface area contributed by atoms with Gasteiger partial charge in [-0.2, -0.15) is 0 Å². The van der Waals surface area contributed by atoms with Crippen LogP contribution in [0.4, 0.5) is 0 Å². The molecule has 1 aromatic heterocycles.